The molecule has 1 aromatic heterocycles. The van der Waals surface area contributed by atoms with Gasteiger partial charge in [0.1, 0.15) is 0 Å². The minimum Gasteiger partial charge on any atom is -0.411 e. The first kappa shape index (κ1) is 10.4. The monoisotopic (exact) mass is 216 g/mol. The summed E-state index contributed by atoms with van der Waals surface area (Å²) in [5.41, 5.74) is 1.70. The van der Waals surface area contributed by atoms with E-state index in [1.54, 1.807) is 6.92 Å². The van der Waals surface area contributed by atoms with Gasteiger partial charge in [0.15, 0.2) is 3.95 Å². The number of thiazole rings is 1. The van der Waals surface area contributed by atoms with Gasteiger partial charge in [-0.15, -0.1) is 11.3 Å². The topological polar surface area (TPSA) is 37.5 Å². The molecule has 1 heterocycles. The van der Waals surface area contributed by atoms with Crippen LogP contribution >= 0.6 is 23.6 Å². The van der Waals surface area contributed by atoms with Gasteiger partial charge in [-0.1, -0.05) is 5.16 Å². The molecular formula is C8H12N2OS2. The maximum Gasteiger partial charge on any atom is 0.161 e. The van der Waals surface area contributed by atoms with Crippen LogP contribution in [0.5, 0.6) is 0 Å². The molecule has 3 nitrogen and oxygen atoms in total. The van der Waals surface area contributed by atoms with Crippen LogP contribution < -0.4 is 0 Å². The summed E-state index contributed by atoms with van der Waals surface area (Å²) in [4.78, 5) is 0.967. The van der Waals surface area contributed by atoms with Crippen LogP contribution in [-0.2, 0) is 6.54 Å². The summed E-state index contributed by atoms with van der Waals surface area (Å²) < 4.78 is 2.86. The van der Waals surface area contributed by atoms with E-state index in [0.717, 1.165) is 21.1 Å². The molecule has 0 aliphatic carbocycles. The summed E-state index contributed by atoms with van der Waals surface area (Å²) in [7, 11) is 0. The van der Waals surface area contributed by atoms with Crippen LogP contribution in [0.4, 0.5) is 0 Å². The van der Waals surface area contributed by atoms with E-state index >= 15 is 0 Å². The summed E-state index contributed by atoms with van der Waals surface area (Å²) in [5, 5.41) is 11.8. The zero-order valence-electron chi connectivity index (χ0n) is 7.87. The largest absolute Gasteiger partial charge is 0.411 e. The lowest BCUT2D eigenvalue weighted by Gasteiger charge is -2.01. The Morgan fingerprint density at radius 3 is 2.69 bits per heavy atom. The summed E-state index contributed by atoms with van der Waals surface area (Å²) in [5.74, 6) is 0. The molecular weight excluding hydrogens is 204 g/mol. The van der Waals surface area contributed by atoms with Crippen molar-refractivity contribution in [1.82, 2.24) is 4.57 Å². The molecule has 0 saturated heterocycles. The zero-order valence-corrected chi connectivity index (χ0v) is 9.50. The van der Waals surface area contributed by atoms with Crippen LogP contribution in [-0.4, -0.2) is 15.5 Å². The third-order valence-electron chi connectivity index (χ3n) is 1.94. The van der Waals surface area contributed by atoms with E-state index in [2.05, 4.69) is 5.16 Å². The fourth-order valence-electron chi connectivity index (χ4n) is 1.22. The van der Waals surface area contributed by atoms with Crippen molar-refractivity contribution >= 4 is 29.3 Å². The molecule has 1 aromatic rings. The Balaban J connectivity index is 3.34. The van der Waals surface area contributed by atoms with E-state index in [0.29, 0.717) is 5.71 Å². The molecule has 0 aliphatic heterocycles. The SMILES string of the molecule is CCn1c(C)c(/C(C)=N/O)sc1=S. The van der Waals surface area contributed by atoms with E-state index in [-0.39, 0.29) is 0 Å². The van der Waals surface area contributed by atoms with Gasteiger partial charge in [0.25, 0.3) is 0 Å². The van der Waals surface area contributed by atoms with Crippen LogP contribution in [0.1, 0.15) is 24.4 Å². The van der Waals surface area contributed by atoms with Crippen molar-refractivity contribution in [3.63, 3.8) is 0 Å². The zero-order chi connectivity index (χ0) is 10.0. The molecule has 0 bridgehead atoms. The fourth-order valence-corrected chi connectivity index (χ4v) is 2.74. The number of hydrogen-bond donors (Lipinski definition) is 1. The molecule has 0 radical (unpaired) electrons. The molecule has 72 valence electrons. The first-order valence-electron chi connectivity index (χ1n) is 4.01. The number of aromatic nitrogens is 1. The molecule has 5 heteroatoms. The molecule has 1 N–H and O–H groups in total. The van der Waals surface area contributed by atoms with Crippen molar-refractivity contribution in [3.05, 3.63) is 14.5 Å². The van der Waals surface area contributed by atoms with Crippen LogP contribution in [0.25, 0.3) is 0 Å². The predicted molar refractivity (Wildman–Crippen MR) is 57.6 cm³/mol. The first-order chi connectivity index (χ1) is 6.11. The average molecular weight is 216 g/mol. The smallest absolute Gasteiger partial charge is 0.161 e. The van der Waals surface area contributed by atoms with Gasteiger partial charge >= 0.3 is 0 Å². The Hall–Kier alpha value is -0.680. The quantitative estimate of drug-likeness (QED) is 0.357. The summed E-state index contributed by atoms with van der Waals surface area (Å²) >= 11 is 6.66. The maximum absolute atomic E-state index is 8.64. The highest BCUT2D eigenvalue weighted by atomic mass is 32.1. The standard InChI is InChI=1S/C8H12N2OS2/c1-4-10-6(3)7(5(2)9-11)13-8(10)12/h11H,4H2,1-3H3/b9-5+. The number of nitrogens with zero attached hydrogens (tertiary/aromatic N) is 2. The van der Waals surface area contributed by atoms with Gasteiger partial charge < -0.3 is 9.77 Å². The van der Waals surface area contributed by atoms with E-state index in [4.69, 9.17) is 17.4 Å². The van der Waals surface area contributed by atoms with Crippen molar-refractivity contribution in [2.45, 2.75) is 27.3 Å². The molecule has 0 amide bonds. The highest BCUT2D eigenvalue weighted by Gasteiger charge is 2.09. The van der Waals surface area contributed by atoms with Crippen LogP contribution in [0.2, 0.25) is 0 Å². The van der Waals surface area contributed by atoms with Gasteiger partial charge in [0.2, 0.25) is 0 Å². The van der Waals surface area contributed by atoms with E-state index < -0.39 is 0 Å². The van der Waals surface area contributed by atoms with Crippen molar-refractivity contribution in [1.29, 1.82) is 0 Å². The van der Waals surface area contributed by atoms with Crippen LogP contribution in [0.3, 0.4) is 0 Å². The molecule has 0 unspecified atom stereocenters. The van der Waals surface area contributed by atoms with Crippen molar-refractivity contribution < 1.29 is 5.21 Å². The Bertz CT molecular complexity index is 389. The minimum atomic E-state index is 0.626. The molecule has 0 atom stereocenters. The summed E-state index contributed by atoms with van der Waals surface area (Å²) in [6, 6.07) is 0. The van der Waals surface area contributed by atoms with Gasteiger partial charge in [-0.05, 0) is 33.0 Å². The highest BCUT2D eigenvalue weighted by Crippen LogP contribution is 2.19. The van der Waals surface area contributed by atoms with Crippen molar-refractivity contribution in [2.24, 2.45) is 5.16 Å². The third-order valence-corrected chi connectivity index (χ3v) is 3.60. The van der Waals surface area contributed by atoms with Crippen LogP contribution in [0, 0.1) is 10.9 Å². The van der Waals surface area contributed by atoms with E-state index in [1.807, 2.05) is 18.4 Å². The Morgan fingerprint density at radius 2 is 2.31 bits per heavy atom. The second-order valence-electron chi connectivity index (χ2n) is 2.71. The number of hydrogen-bond acceptors (Lipinski definition) is 4. The van der Waals surface area contributed by atoms with Gasteiger partial charge in [0.05, 0.1) is 10.6 Å². The Labute approximate surface area is 86.3 Å². The lowest BCUT2D eigenvalue weighted by molar-refractivity contribution is 0.319. The van der Waals surface area contributed by atoms with Crippen molar-refractivity contribution in [2.75, 3.05) is 0 Å². The van der Waals surface area contributed by atoms with Gasteiger partial charge in [-0.25, -0.2) is 0 Å². The lowest BCUT2D eigenvalue weighted by Crippen LogP contribution is -2.00. The second-order valence-corrected chi connectivity index (χ2v) is 4.36. The normalized spacial score (nSPS) is 12.1. The predicted octanol–water partition coefficient (Wildman–Crippen LogP) is 2.81. The average Bonchev–Trinajstić information content (AvgIpc) is 2.40. The van der Waals surface area contributed by atoms with Crippen LogP contribution in [0.15, 0.2) is 5.16 Å². The molecule has 0 saturated carbocycles. The number of rotatable bonds is 2. The third kappa shape index (κ3) is 1.81. The van der Waals surface area contributed by atoms with Gasteiger partial charge in [-0.2, -0.15) is 0 Å². The molecule has 0 spiro atoms. The van der Waals surface area contributed by atoms with E-state index in [9.17, 15) is 0 Å². The summed E-state index contributed by atoms with van der Waals surface area (Å²) in [6.07, 6.45) is 0. The Kier molecular flexibility index (Phi) is 3.22. The van der Waals surface area contributed by atoms with E-state index in [1.165, 1.54) is 11.3 Å². The second kappa shape index (κ2) is 4.02. The summed E-state index contributed by atoms with van der Waals surface area (Å²) in [6.45, 7) is 6.66. The molecule has 13 heavy (non-hydrogen) atoms. The van der Waals surface area contributed by atoms with Gasteiger partial charge in [0, 0.05) is 12.2 Å². The molecule has 0 aliphatic rings. The molecule has 0 aromatic carbocycles. The van der Waals surface area contributed by atoms with Crippen molar-refractivity contribution in [3.8, 4) is 0 Å². The number of oxime groups is 1. The van der Waals surface area contributed by atoms with Gasteiger partial charge in [-0.3, -0.25) is 0 Å². The molecule has 1 rings (SSSR count). The highest BCUT2D eigenvalue weighted by molar-refractivity contribution is 7.73. The first-order valence-corrected chi connectivity index (χ1v) is 5.23. The Morgan fingerprint density at radius 1 is 1.69 bits per heavy atom. The maximum atomic E-state index is 8.64. The molecule has 0 fully saturated rings. The lowest BCUT2D eigenvalue weighted by atomic mass is 10.3. The fraction of sp³-hybridized carbons (Fsp3) is 0.500. The minimum absolute atomic E-state index is 0.626.